The van der Waals surface area contributed by atoms with E-state index in [1.165, 1.54) is 12.1 Å². The SMILES string of the molecule is Cc1ccc(C(C)(F)C(=O)O)cc1Br. The standard InChI is InChI=1S/C10H10BrFO2/c1-6-3-4-7(5-8(6)11)10(2,12)9(13)14/h3-5H,1-2H3,(H,13,14). The van der Waals surface area contributed by atoms with Gasteiger partial charge in [0.2, 0.25) is 5.67 Å². The highest BCUT2D eigenvalue weighted by atomic mass is 79.9. The van der Waals surface area contributed by atoms with Crippen molar-refractivity contribution in [2.24, 2.45) is 0 Å². The fraction of sp³-hybridized carbons (Fsp3) is 0.300. The fourth-order valence-electron chi connectivity index (χ4n) is 1.01. The summed E-state index contributed by atoms with van der Waals surface area (Å²) in [6, 6.07) is 4.65. The third-order valence-electron chi connectivity index (χ3n) is 2.12. The predicted octanol–water partition coefficient (Wildman–Crippen LogP) is 3.03. The summed E-state index contributed by atoms with van der Waals surface area (Å²) in [7, 11) is 0. The molecule has 0 amide bonds. The number of aryl methyl sites for hydroxylation is 1. The molecule has 1 aromatic rings. The Bertz CT molecular complexity index is 374. The summed E-state index contributed by atoms with van der Waals surface area (Å²) in [6.45, 7) is 2.89. The number of hydrogen-bond donors (Lipinski definition) is 1. The van der Waals surface area contributed by atoms with Gasteiger partial charge >= 0.3 is 5.97 Å². The van der Waals surface area contributed by atoms with Crippen molar-refractivity contribution >= 4 is 21.9 Å². The molecule has 0 bridgehead atoms. The molecule has 0 spiro atoms. The van der Waals surface area contributed by atoms with E-state index in [-0.39, 0.29) is 5.56 Å². The molecule has 2 nitrogen and oxygen atoms in total. The monoisotopic (exact) mass is 260 g/mol. The summed E-state index contributed by atoms with van der Waals surface area (Å²) in [4.78, 5) is 10.6. The molecule has 0 aliphatic carbocycles. The molecule has 1 N–H and O–H groups in total. The van der Waals surface area contributed by atoms with E-state index in [2.05, 4.69) is 15.9 Å². The highest BCUT2D eigenvalue weighted by Crippen LogP contribution is 2.29. The topological polar surface area (TPSA) is 37.3 Å². The minimum absolute atomic E-state index is 0.141. The molecule has 1 aromatic carbocycles. The molecule has 14 heavy (non-hydrogen) atoms. The Kier molecular flexibility index (Phi) is 2.95. The van der Waals surface area contributed by atoms with E-state index in [4.69, 9.17) is 5.11 Å². The lowest BCUT2D eigenvalue weighted by Crippen LogP contribution is -2.26. The van der Waals surface area contributed by atoms with Gasteiger partial charge in [-0.3, -0.25) is 0 Å². The van der Waals surface area contributed by atoms with Crippen LogP contribution in [0.2, 0.25) is 0 Å². The van der Waals surface area contributed by atoms with Crippen LogP contribution in [-0.2, 0) is 10.5 Å². The molecule has 1 unspecified atom stereocenters. The molecule has 76 valence electrons. The van der Waals surface area contributed by atoms with Crippen LogP contribution in [0.3, 0.4) is 0 Å². The maximum atomic E-state index is 13.6. The van der Waals surface area contributed by atoms with Crippen molar-refractivity contribution in [3.63, 3.8) is 0 Å². The van der Waals surface area contributed by atoms with E-state index in [0.29, 0.717) is 4.47 Å². The molecule has 0 aromatic heterocycles. The zero-order valence-corrected chi connectivity index (χ0v) is 9.43. The number of hydrogen-bond acceptors (Lipinski definition) is 1. The predicted molar refractivity (Wildman–Crippen MR) is 55.0 cm³/mol. The Morgan fingerprint density at radius 2 is 2.14 bits per heavy atom. The molecule has 0 aliphatic rings. The molecule has 0 radical (unpaired) electrons. The Morgan fingerprint density at radius 3 is 2.57 bits per heavy atom. The molecule has 0 aliphatic heterocycles. The Hall–Kier alpha value is -0.900. The van der Waals surface area contributed by atoms with Crippen LogP contribution in [0.15, 0.2) is 22.7 Å². The van der Waals surface area contributed by atoms with Gasteiger partial charge in [0.05, 0.1) is 0 Å². The van der Waals surface area contributed by atoms with E-state index >= 15 is 0 Å². The van der Waals surface area contributed by atoms with Gasteiger partial charge in [-0.25, -0.2) is 9.18 Å². The van der Waals surface area contributed by atoms with Gasteiger partial charge in [0, 0.05) is 10.0 Å². The van der Waals surface area contributed by atoms with Crippen LogP contribution in [0.4, 0.5) is 4.39 Å². The fourth-order valence-corrected chi connectivity index (χ4v) is 1.39. The first kappa shape index (κ1) is 11.2. The molecule has 4 heteroatoms. The summed E-state index contributed by atoms with van der Waals surface area (Å²) in [5.74, 6) is -1.48. The molecule has 0 heterocycles. The second-order valence-corrected chi connectivity index (χ2v) is 4.13. The van der Waals surface area contributed by atoms with E-state index in [1.54, 1.807) is 6.07 Å². The van der Waals surface area contributed by atoms with Crippen molar-refractivity contribution in [2.75, 3.05) is 0 Å². The van der Waals surface area contributed by atoms with Gasteiger partial charge in [0.1, 0.15) is 0 Å². The molecule has 0 saturated carbocycles. The van der Waals surface area contributed by atoms with E-state index in [0.717, 1.165) is 12.5 Å². The Morgan fingerprint density at radius 1 is 1.57 bits per heavy atom. The van der Waals surface area contributed by atoms with Gasteiger partial charge in [-0.05, 0) is 25.5 Å². The minimum Gasteiger partial charge on any atom is -0.479 e. The first-order chi connectivity index (χ1) is 6.35. The maximum Gasteiger partial charge on any atom is 0.345 e. The minimum atomic E-state index is -2.34. The molecular weight excluding hydrogens is 251 g/mol. The molecular formula is C10H10BrFO2. The highest BCUT2D eigenvalue weighted by Gasteiger charge is 2.35. The number of alkyl halides is 1. The number of carbonyl (C=O) groups is 1. The summed E-state index contributed by atoms with van der Waals surface area (Å²) >= 11 is 3.23. The van der Waals surface area contributed by atoms with Crippen molar-refractivity contribution in [2.45, 2.75) is 19.5 Å². The lowest BCUT2D eigenvalue weighted by Gasteiger charge is -2.16. The zero-order valence-electron chi connectivity index (χ0n) is 7.84. The second-order valence-electron chi connectivity index (χ2n) is 3.27. The molecule has 0 saturated heterocycles. The van der Waals surface area contributed by atoms with Gasteiger partial charge in [0.15, 0.2) is 0 Å². The van der Waals surface area contributed by atoms with Crippen molar-refractivity contribution in [1.29, 1.82) is 0 Å². The van der Waals surface area contributed by atoms with Gasteiger partial charge in [0.25, 0.3) is 0 Å². The first-order valence-electron chi connectivity index (χ1n) is 4.04. The van der Waals surface area contributed by atoms with Gasteiger partial charge in [-0.1, -0.05) is 28.1 Å². The van der Waals surface area contributed by atoms with Crippen molar-refractivity contribution in [1.82, 2.24) is 0 Å². The van der Waals surface area contributed by atoms with Gasteiger partial charge in [-0.15, -0.1) is 0 Å². The smallest absolute Gasteiger partial charge is 0.345 e. The molecule has 1 atom stereocenters. The van der Waals surface area contributed by atoms with E-state index < -0.39 is 11.6 Å². The zero-order chi connectivity index (χ0) is 10.9. The number of benzene rings is 1. The van der Waals surface area contributed by atoms with E-state index in [1.807, 2.05) is 6.92 Å². The van der Waals surface area contributed by atoms with Crippen LogP contribution in [0.5, 0.6) is 0 Å². The largest absolute Gasteiger partial charge is 0.479 e. The lowest BCUT2D eigenvalue weighted by molar-refractivity contribution is -0.150. The number of carboxylic acids is 1. The first-order valence-corrected chi connectivity index (χ1v) is 4.84. The average Bonchev–Trinajstić information content (AvgIpc) is 2.09. The maximum absolute atomic E-state index is 13.6. The van der Waals surface area contributed by atoms with Gasteiger partial charge in [-0.2, -0.15) is 0 Å². The Labute approximate surface area is 89.9 Å². The van der Waals surface area contributed by atoms with Crippen molar-refractivity contribution in [3.05, 3.63) is 33.8 Å². The number of rotatable bonds is 2. The highest BCUT2D eigenvalue weighted by molar-refractivity contribution is 9.10. The van der Waals surface area contributed by atoms with Crippen LogP contribution in [-0.4, -0.2) is 11.1 Å². The van der Waals surface area contributed by atoms with Crippen LogP contribution in [0, 0.1) is 6.92 Å². The molecule has 0 fully saturated rings. The lowest BCUT2D eigenvalue weighted by atomic mass is 9.97. The van der Waals surface area contributed by atoms with E-state index in [9.17, 15) is 9.18 Å². The number of carboxylic acid groups (broad SMARTS) is 1. The summed E-state index contributed by atoms with van der Waals surface area (Å²) in [6.07, 6.45) is 0. The average molecular weight is 261 g/mol. The Balaban J connectivity index is 3.21. The third-order valence-corrected chi connectivity index (χ3v) is 2.97. The van der Waals surface area contributed by atoms with Crippen LogP contribution in [0.25, 0.3) is 0 Å². The molecule has 1 rings (SSSR count). The number of halogens is 2. The summed E-state index contributed by atoms with van der Waals surface area (Å²) < 4.78 is 14.3. The summed E-state index contributed by atoms with van der Waals surface area (Å²) in [5, 5.41) is 8.66. The van der Waals surface area contributed by atoms with Crippen molar-refractivity contribution in [3.8, 4) is 0 Å². The summed E-state index contributed by atoms with van der Waals surface area (Å²) in [5.41, 5.74) is -1.26. The van der Waals surface area contributed by atoms with Crippen LogP contribution < -0.4 is 0 Å². The van der Waals surface area contributed by atoms with Crippen LogP contribution in [0.1, 0.15) is 18.1 Å². The number of aliphatic carboxylic acids is 1. The normalized spacial score (nSPS) is 14.9. The van der Waals surface area contributed by atoms with Crippen LogP contribution >= 0.6 is 15.9 Å². The van der Waals surface area contributed by atoms with Gasteiger partial charge < -0.3 is 5.11 Å². The quantitative estimate of drug-likeness (QED) is 0.888. The van der Waals surface area contributed by atoms with Crippen molar-refractivity contribution < 1.29 is 14.3 Å². The third kappa shape index (κ3) is 1.95. The second kappa shape index (κ2) is 3.69.